The second-order valence-corrected chi connectivity index (χ2v) is 10.3. The predicted octanol–water partition coefficient (Wildman–Crippen LogP) is 6.09. The first kappa shape index (κ1) is 25.7. The maximum atomic E-state index is 12.5. The average Bonchev–Trinajstić information content (AvgIpc) is 2.84. The van der Waals surface area contributed by atoms with Gasteiger partial charge in [0, 0.05) is 17.8 Å². The minimum Gasteiger partial charge on any atom is -0.493 e. The molecular weight excluding hydrogens is 452 g/mol. The van der Waals surface area contributed by atoms with Crippen molar-refractivity contribution in [1.82, 2.24) is 5.43 Å². The van der Waals surface area contributed by atoms with Crippen molar-refractivity contribution in [1.29, 1.82) is 0 Å². The van der Waals surface area contributed by atoms with Gasteiger partial charge in [-0.15, -0.1) is 0 Å². The van der Waals surface area contributed by atoms with E-state index in [-0.39, 0.29) is 0 Å². The van der Waals surface area contributed by atoms with Crippen LogP contribution >= 0.6 is 0 Å². The van der Waals surface area contributed by atoms with Gasteiger partial charge < -0.3 is 20.0 Å². The largest absolute Gasteiger partial charge is 0.493 e. The number of carboxylic acid groups (broad SMARTS) is 1. The Balaban J connectivity index is 1.67. The zero-order valence-corrected chi connectivity index (χ0v) is 21.6. The van der Waals surface area contributed by atoms with Crippen LogP contribution in [0, 0.1) is 6.92 Å². The molecule has 0 saturated heterocycles. The summed E-state index contributed by atoms with van der Waals surface area (Å²) in [4.78, 5) is 12.5. The highest BCUT2D eigenvalue weighted by Gasteiger charge is 2.30. The standard InChI is InChI=1S/C30H36N2O4/c1-20-17-24(32-31-15-14-21-9-6-5-7-10-21)19-25(28(29(33)34)36-30(2,3)4)27(20)23-12-13-26-22(18-23)11-8-16-35-26/h5-7,9-10,12-13,17-19,28,31-32H,8,11,14-16H2,1-4H3,(H,33,34). The normalized spacial score (nSPS) is 14.0. The fraction of sp³-hybridized carbons (Fsp3) is 0.367. The molecule has 0 aliphatic carbocycles. The highest BCUT2D eigenvalue weighted by molar-refractivity contribution is 5.83. The van der Waals surface area contributed by atoms with Gasteiger partial charge in [0.2, 0.25) is 0 Å². The van der Waals surface area contributed by atoms with Gasteiger partial charge in [0.05, 0.1) is 12.2 Å². The molecule has 0 bridgehead atoms. The SMILES string of the molecule is Cc1cc(NNCCc2ccccc2)cc(C(OC(C)(C)C)C(=O)O)c1-c1ccc2c(c1)CCCO2. The molecule has 1 aliphatic heterocycles. The van der Waals surface area contributed by atoms with E-state index in [1.165, 1.54) is 5.56 Å². The van der Waals surface area contributed by atoms with Crippen LogP contribution in [0.3, 0.4) is 0 Å². The Bertz CT molecular complexity index is 1200. The summed E-state index contributed by atoms with van der Waals surface area (Å²) < 4.78 is 11.9. The molecule has 1 aliphatic rings. The Kier molecular flexibility index (Phi) is 7.97. The van der Waals surface area contributed by atoms with Crippen LogP contribution < -0.4 is 15.6 Å². The Morgan fingerprint density at radius 3 is 2.61 bits per heavy atom. The quantitative estimate of drug-likeness (QED) is 0.250. The van der Waals surface area contributed by atoms with Gasteiger partial charge in [0.25, 0.3) is 0 Å². The highest BCUT2D eigenvalue weighted by Crippen LogP contribution is 2.39. The van der Waals surface area contributed by atoms with Gasteiger partial charge in [0.1, 0.15) is 5.75 Å². The summed E-state index contributed by atoms with van der Waals surface area (Å²) in [6, 6.07) is 20.3. The van der Waals surface area contributed by atoms with E-state index in [4.69, 9.17) is 9.47 Å². The Morgan fingerprint density at radius 2 is 1.89 bits per heavy atom. The first-order valence-corrected chi connectivity index (χ1v) is 12.6. The fourth-order valence-electron chi connectivity index (χ4n) is 4.62. The average molecular weight is 489 g/mol. The van der Waals surface area contributed by atoms with E-state index in [0.717, 1.165) is 66.1 Å². The highest BCUT2D eigenvalue weighted by atomic mass is 16.5. The molecule has 0 aromatic heterocycles. The first-order chi connectivity index (χ1) is 17.2. The number of hydrogen-bond acceptors (Lipinski definition) is 5. The van der Waals surface area contributed by atoms with Gasteiger partial charge in [0.15, 0.2) is 6.10 Å². The maximum absolute atomic E-state index is 12.5. The lowest BCUT2D eigenvalue weighted by atomic mass is 9.89. The minimum atomic E-state index is -1.11. The molecule has 0 fully saturated rings. The number of hydrazine groups is 1. The zero-order chi connectivity index (χ0) is 25.7. The van der Waals surface area contributed by atoms with Crippen molar-refractivity contribution >= 4 is 11.7 Å². The molecule has 0 saturated carbocycles. The van der Waals surface area contributed by atoms with Gasteiger partial charge in [-0.3, -0.25) is 0 Å². The molecule has 6 heteroatoms. The molecule has 0 amide bonds. The van der Waals surface area contributed by atoms with E-state index in [9.17, 15) is 9.90 Å². The number of aliphatic carboxylic acids is 1. The number of nitrogens with one attached hydrogen (secondary N) is 2. The van der Waals surface area contributed by atoms with Crippen molar-refractivity contribution < 1.29 is 19.4 Å². The van der Waals surface area contributed by atoms with Crippen molar-refractivity contribution in [2.24, 2.45) is 0 Å². The molecule has 36 heavy (non-hydrogen) atoms. The summed E-state index contributed by atoms with van der Waals surface area (Å²) in [6.45, 7) is 9.09. The minimum absolute atomic E-state index is 0.626. The van der Waals surface area contributed by atoms with E-state index in [2.05, 4.69) is 29.1 Å². The molecule has 3 aromatic rings. The Hall–Kier alpha value is -3.35. The van der Waals surface area contributed by atoms with Gasteiger partial charge in [-0.1, -0.05) is 36.4 Å². The number of rotatable bonds is 9. The number of ether oxygens (including phenoxy) is 2. The van der Waals surface area contributed by atoms with Crippen molar-refractivity contribution in [3.8, 4) is 16.9 Å². The van der Waals surface area contributed by atoms with E-state index in [1.807, 2.05) is 70.2 Å². The molecule has 1 heterocycles. The lowest BCUT2D eigenvalue weighted by molar-refractivity contribution is -0.160. The molecule has 1 atom stereocenters. The topological polar surface area (TPSA) is 79.8 Å². The van der Waals surface area contributed by atoms with Crippen LogP contribution in [0.15, 0.2) is 60.7 Å². The third-order valence-electron chi connectivity index (χ3n) is 6.16. The molecular formula is C30H36N2O4. The van der Waals surface area contributed by atoms with Crippen molar-refractivity contribution in [3.63, 3.8) is 0 Å². The number of fused-ring (bicyclic) bond motifs is 1. The molecule has 190 valence electrons. The van der Waals surface area contributed by atoms with Gasteiger partial charge in [-0.25, -0.2) is 10.2 Å². The summed E-state index contributed by atoms with van der Waals surface area (Å²) in [7, 11) is 0. The molecule has 4 rings (SSSR count). The molecule has 0 spiro atoms. The van der Waals surface area contributed by atoms with Crippen LogP contribution in [0.1, 0.15) is 55.5 Å². The van der Waals surface area contributed by atoms with Crippen LogP contribution in [-0.2, 0) is 22.4 Å². The number of benzene rings is 3. The Labute approximate surface area is 213 Å². The molecule has 3 N–H and O–H groups in total. The third-order valence-corrected chi connectivity index (χ3v) is 6.16. The van der Waals surface area contributed by atoms with Gasteiger partial charge >= 0.3 is 5.97 Å². The number of carboxylic acids is 1. The summed E-state index contributed by atoms with van der Waals surface area (Å²) in [6.07, 6.45) is 1.69. The smallest absolute Gasteiger partial charge is 0.337 e. The first-order valence-electron chi connectivity index (χ1n) is 12.6. The van der Waals surface area contributed by atoms with Crippen LogP contribution in [-0.4, -0.2) is 29.8 Å². The summed E-state index contributed by atoms with van der Waals surface area (Å²) in [5.74, 6) is -0.105. The van der Waals surface area contributed by atoms with Crippen molar-refractivity contribution in [2.45, 2.75) is 58.7 Å². The maximum Gasteiger partial charge on any atom is 0.337 e. The summed E-state index contributed by atoms with van der Waals surface area (Å²) in [5, 5.41) is 10.2. The van der Waals surface area contributed by atoms with Gasteiger partial charge in [-0.05, 0) is 99.0 Å². The van der Waals surface area contributed by atoms with Crippen LogP contribution in [0.25, 0.3) is 11.1 Å². The second kappa shape index (κ2) is 11.1. The van der Waals surface area contributed by atoms with Crippen LogP contribution in [0.4, 0.5) is 5.69 Å². The molecule has 3 aromatic carbocycles. The van der Waals surface area contributed by atoms with Crippen molar-refractivity contribution in [3.05, 3.63) is 82.9 Å². The monoisotopic (exact) mass is 488 g/mol. The predicted molar refractivity (Wildman–Crippen MR) is 143 cm³/mol. The molecule has 1 unspecified atom stereocenters. The summed E-state index contributed by atoms with van der Waals surface area (Å²) >= 11 is 0. The lowest BCUT2D eigenvalue weighted by Crippen LogP contribution is -2.28. The van der Waals surface area contributed by atoms with Gasteiger partial charge in [-0.2, -0.15) is 0 Å². The number of hydrogen-bond donors (Lipinski definition) is 3. The zero-order valence-electron chi connectivity index (χ0n) is 21.6. The summed E-state index contributed by atoms with van der Waals surface area (Å²) in [5.41, 5.74) is 12.6. The van der Waals surface area contributed by atoms with E-state index >= 15 is 0 Å². The molecule has 6 nitrogen and oxygen atoms in total. The molecule has 0 radical (unpaired) electrons. The third kappa shape index (κ3) is 6.45. The van der Waals surface area contributed by atoms with E-state index < -0.39 is 17.7 Å². The van der Waals surface area contributed by atoms with E-state index in [0.29, 0.717) is 5.56 Å². The lowest BCUT2D eigenvalue weighted by Gasteiger charge is -2.28. The Morgan fingerprint density at radius 1 is 1.11 bits per heavy atom. The number of anilines is 1. The van der Waals surface area contributed by atoms with Crippen molar-refractivity contribution in [2.75, 3.05) is 18.6 Å². The van der Waals surface area contributed by atoms with E-state index in [1.54, 1.807) is 0 Å². The van der Waals surface area contributed by atoms with Crippen LogP contribution in [0.2, 0.25) is 0 Å². The van der Waals surface area contributed by atoms with Crippen LogP contribution in [0.5, 0.6) is 5.75 Å². The fourth-order valence-corrected chi connectivity index (χ4v) is 4.62. The second-order valence-electron chi connectivity index (χ2n) is 10.3. The number of carbonyl (C=O) groups is 1. The number of aryl methyl sites for hydroxylation is 2.